The molecule has 1 aromatic heterocycles. The van der Waals surface area contributed by atoms with Crippen molar-refractivity contribution in [1.82, 2.24) is 9.88 Å². The summed E-state index contributed by atoms with van der Waals surface area (Å²) >= 11 is 0. The van der Waals surface area contributed by atoms with Crippen molar-refractivity contribution >= 4 is 26.5 Å². The number of likely N-dealkylation sites (tertiary alicyclic amines) is 1. The van der Waals surface area contributed by atoms with Gasteiger partial charge in [-0.1, -0.05) is 25.1 Å². The molecule has 0 aliphatic carbocycles. The molecule has 0 bridgehead atoms. The fraction of sp³-hybridized carbons (Fsp3) is 0.333. The molecule has 2 heterocycles. The lowest BCUT2D eigenvalue weighted by Crippen LogP contribution is -2.40. The molecule has 1 aliphatic rings. The highest BCUT2D eigenvalue weighted by Gasteiger charge is 2.33. The van der Waals surface area contributed by atoms with Crippen molar-refractivity contribution in [3.8, 4) is 17.2 Å². The number of oxazole rings is 1. The van der Waals surface area contributed by atoms with Gasteiger partial charge in [-0.05, 0) is 55.2 Å². The predicted molar refractivity (Wildman–Crippen MR) is 127 cm³/mol. The third-order valence-electron chi connectivity index (χ3n) is 5.81. The Morgan fingerprint density at radius 2 is 1.76 bits per heavy atom. The standard InChI is InChI=1S/C24H26N2O6S2/c1-17-12-14-26(15-13-17)21(27)16-33(28)24-23(34(29,30)20-6-4-3-5-7-20)25-22(32-24)18-8-10-19(31-2)11-9-18/h3-11,17H,12-16H2,1-2H3. The number of methoxy groups -OCH3 is 1. The van der Waals surface area contributed by atoms with Crippen molar-refractivity contribution in [3.05, 3.63) is 54.6 Å². The van der Waals surface area contributed by atoms with Crippen LogP contribution < -0.4 is 4.74 Å². The van der Waals surface area contributed by atoms with Gasteiger partial charge in [-0.25, -0.2) is 8.42 Å². The van der Waals surface area contributed by atoms with Gasteiger partial charge in [0.15, 0.2) is 0 Å². The minimum absolute atomic E-state index is 0.000226. The van der Waals surface area contributed by atoms with Crippen LogP contribution in [0.25, 0.3) is 11.5 Å². The van der Waals surface area contributed by atoms with E-state index in [4.69, 9.17) is 9.15 Å². The first-order valence-corrected chi connectivity index (χ1v) is 13.7. The Morgan fingerprint density at radius 3 is 2.38 bits per heavy atom. The molecular weight excluding hydrogens is 476 g/mol. The van der Waals surface area contributed by atoms with Crippen LogP contribution in [0.15, 0.2) is 74.0 Å². The van der Waals surface area contributed by atoms with E-state index in [0.29, 0.717) is 30.3 Å². The van der Waals surface area contributed by atoms with Gasteiger partial charge in [0.05, 0.1) is 12.0 Å². The molecule has 1 fully saturated rings. The van der Waals surface area contributed by atoms with E-state index in [1.54, 1.807) is 47.4 Å². The zero-order valence-electron chi connectivity index (χ0n) is 19.0. The average Bonchev–Trinajstić information content (AvgIpc) is 3.32. The number of piperidine rings is 1. The molecular formula is C24H26N2O6S2. The second-order valence-electron chi connectivity index (χ2n) is 8.21. The number of aromatic nitrogens is 1. The molecule has 2 aromatic carbocycles. The Labute approximate surface area is 201 Å². The van der Waals surface area contributed by atoms with E-state index in [1.807, 2.05) is 0 Å². The number of rotatable bonds is 7. The summed E-state index contributed by atoms with van der Waals surface area (Å²) in [6, 6.07) is 14.4. The molecule has 10 heteroatoms. The maximum atomic E-state index is 13.4. The van der Waals surface area contributed by atoms with Crippen LogP contribution in [0.1, 0.15) is 19.8 Å². The van der Waals surface area contributed by atoms with E-state index in [2.05, 4.69) is 11.9 Å². The predicted octanol–water partition coefficient (Wildman–Crippen LogP) is 3.55. The second-order valence-corrected chi connectivity index (χ2v) is 11.4. The summed E-state index contributed by atoms with van der Waals surface area (Å²) in [5, 5.41) is -0.767. The summed E-state index contributed by atoms with van der Waals surface area (Å²) < 4.78 is 50.9. The number of hydrogen-bond acceptors (Lipinski definition) is 7. The molecule has 1 unspecified atom stereocenters. The van der Waals surface area contributed by atoms with Gasteiger partial charge in [0.25, 0.3) is 0 Å². The number of hydrogen-bond donors (Lipinski definition) is 0. The van der Waals surface area contributed by atoms with Gasteiger partial charge in [-0.3, -0.25) is 9.00 Å². The summed E-state index contributed by atoms with van der Waals surface area (Å²) in [5.74, 6) is 0.481. The van der Waals surface area contributed by atoms with Crippen molar-refractivity contribution < 1.29 is 26.6 Å². The van der Waals surface area contributed by atoms with Crippen LogP contribution in [-0.2, 0) is 25.4 Å². The monoisotopic (exact) mass is 502 g/mol. The number of carbonyl (C=O) groups is 1. The number of sulfone groups is 1. The average molecular weight is 503 g/mol. The highest BCUT2D eigenvalue weighted by Crippen LogP contribution is 2.32. The zero-order chi connectivity index (χ0) is 24.3. The van der Waals surface area contributed by atoms with E-state index in [0.717, 1.165) is 12.8 Å². The lowest BCUT2D eigenvalue weighted by molar-refractivity contribution is -0.129. The van der Waals surface area contributed by atoms with Crippen molar-refractivity contribution in [2.75, 3.05) is 26.0 Å². The number of carbonyl (C=O) groups excluding carboxylic acids is 1. The van der Waals surface area contributed by atoms with Crippen molar-refractivity contribution in [2.24, 2.45) is 5.92 Å². The van der Waals surface area contributed by atoms with Crippen LogP contribution in [-0.4, -0.2) is 54.4 Å². The number of benzene rings is 2. The topological polar surface area (TPSA) is 107 Å². The highest BCUT2D eigenvalue weighted by atomic mass is 32.2. The second kappa shape index (κ2) is 10.1. The lowest BCUT2D eigenvalue weighted by atomic mass is 9.99. The first kappa shape index (κ1) is 24.2. The molecule has 0 spiro atoms. The Balaban J connectivity index is 1.70. The van der Waals surface area contributed by atoms with Crippen molar-refractivity contribution in [2.45, 2.75) is 34.8 Å². The summed E-state index contributed by atoms with van der Waals surface area (Å²) in [6.45, 7) is 3.33. The van der Waals surface area contributed by atoms with Crippen molar-refractivity contribution in [3.63, 3.8) is 0 Å². The molecule has 1 amide bonds. The van der Waals surface area contributed by atoms with Crippen LogP contribution >= 0.6 is 0 Å². The maximum absolute atomic E-state index is 13.4. The highest BCUT2D eigenvalue weighted by molar-refractivity contribution is 7.92. The van der Waals surface area contributed by atoms with Crippen LogP contribution in [0.3, 0.4) is 0 Å². The van der Waals surface area contributed by atoms with Crippen LogP contribution in [0.5, 0.6) is 5.75 Å². The van der Waals surface area contributed by atoms with E-state index in [9.17, 15) is 17.4 Å². The number of ether oxygens (including phenoxy) is 1. The molecule has 1 aliphatic heterocycles. The minimum Gasteiger partial charge on any atom is -0.497 e. The summed E-state index contributed by atoms with van der Waals surface area (Å²) in [5.41, 5.74) is 0.491. The number of amides is 1. The van der Waals surface area contributed by atoms with E-state index < -0.39 is 25.7 Å². The van der Waals surface area contributed by atoms with Crippen LogP contribution in [0, 0.1) is 5.92 Å². The summed E-state index contributed by atoms with van der Waals surface area (Å²) in [4.78, 5) is 18.7. The molecule has 0 N–H and O–H groups in total. The third kappa shape index (κ3) is 5.07. The quantitative estimate of drug-likeness (QED) is 0.486. The first-order valence-electron chi connectivity index (χ1n) is 10.9. The Hall–Kier alpha value is -2.98. The van der Waals surface area contributed by atoms with Gasteiger partial charge in [0.1, 0.15) is 22.3 Å². The Morgan fingerprint density at radius 1 is 1.12 bits per heavy atom. The SMILES string of the molecule is COc1ccc(-c2nc(S(=O)(=O)c3ccccc3)c(S(=O)CC(=O)N3CCC(C)CC3)o2)cc1. The fourth-order valence-electron chi connectivity index (χ4n) is 3.70. The van der Waals surface area contributed by atoms with Gasteiger partial charge in [0, 0.05) is 18.7 Å². The van der Waals surface area contributed by atoms with Crippen LogP contribution in [0.2, 0.25) is 0 Å². The smallest absolute Gasteiger partial charge is 0.235 e. The van der Waals surface area contributed by atoms with E-state index in [-0.39, 0.29) is 27.5 Å². The largest absolute Gasteiger partial charge is 0.497 e. The van der Waals surface area contributed by atoms with Gasteiger partial charge < -0.3 is 14.1 Å². The van der Waals surface area contributed by atoms with E-state index in [1.165, 1.54) is 19.2 Å². The van der Waals surface area contributed by atoms with E-state index >= 15 is 0 Å². The van der Waals surface area contributed by atoms with Gasteiger partial charge in [-0.15, -0.1) is 0 Å². The molecule has 8 nitrogen and oxygen atoms in total. The van der Waals surface area contributed by atoms with Gasteiger partial charge >= 0.3 is 0 Å². The minimum atomic E-state index is -4.13. The van der Waals surface area contributed by atoms with Gasteiger partial charge in [-0.2, -0.15) is 4.98 Å². The third-order valence-corrected chi connectivity index (χ3v) is 8.82. The fourth-order valence-corrected chi connectivity index (χ4v) is 6.46. The van der Waals surface area contributed by atoms with Crippen LogP contribution in [0.4, 0.5) is 0 Å². The summed E-state index contributed by atoms with van der Waals surface area (Å²) in [7, 11) is -4.64. The molecule has 1 saturated heterocycles. The molecule has 1 atom stereocenters. The molecule has 34 heavy (non-hydrogen) atoms. The van der Waals surface area contributed by atoms with Crippen molar-refractivity contribution in [1.29, 1.82) is 0 Å². The molecule has 4 rings (SSSR count). The molecule has 180 valence electrons. The number of nitrogens with zero attached hydrogens (tertiary/aromatic N) is 2. The first-order chi connectivity index (χ1) is 16.3. The zero-order valence-corrected chi connectivity index (χ0v) is 20.6. The maximum Gasteiger partial charge on any atom is 0.235 e. The molecule has 0 radical (unpaired) electrons. The lowest BCUT2D eigenvalue weighted by Gasteiger charge is -2.30. The Bertz CT molecular complexity index is 1280. The normalized spacial score (nSPS) is 15.8. The summed E-state index contributed by atoms with van der Waals surface area (Å²) in [6.07, 6.45) is 1.77. The molecule has 3 aromatic rings. The molecule has 0 saturated carbocycles. The Kier molecular flexibility index (Phi) is 7.18. The van der Waals surface area contributed by atoms with Gasteiger partial charge in [0.2, 0.25) is 31.8 Å².